The van der Waals surface area contributed by atoms with E-state index in [-0.39, 0.29) is 17.4 Å². The molecule has 0 aliphatic rings. The largest absolute Gasteiger partial charge is 0.497 e. The predicted octanol–water partition coefficient (Wildman–Crippen LogP) is 5.81. The molecule has 0 atom stereocenters. The van der Waals surface area contributed by atoms with Crippen LogP contribution < -0.4 is 10.1 Å². The number of Topliss-reactive ketones (excluding diaryl/α,β-unsaturated/α-hetero) is 1. The van der Waals surface area contributed by atoms with Crippen LogP contribution in [0, 0.1) is 19.7 Å². The van der Waals surface area contributed by atoms with Gasteiger partial charge in [-0.1, -0.05) is 23.1 Å². The van der Waals surface area contributed by atoms with Crippen molar-refractivity contribution >= 4 is 39.7 Å². The van der Waals surface area contributed by atoms with E-state index in [4.69, 9.17) is 4.74 Å². The Kier molecular flexibility index (Phi) is 6.57. The van der Waals surface area contributed by atoms with Gasteiger partial charge < -0.3 is 14.6 Å². The van der Waals surface area contributed by atoms with Crippen molar-refractivity contribution in [1.82, 2.24) is 14.8 Å². The molecule has 6 nitrogen and oxygen atoms in total. The van der Waals surface area contributed by atoms with E-state index in [1.54, 1.807) is 19.2 Å². The zero-order valence-corrected chi connectivity index (χ0v) is 19.4. The number of benzene rings is 2. The van der Waals surface area contributed by atoms with Gasteiger partial charge in [0.15, 0.2) is 10.1 Å². The number of carbonyl (C=O) groups excluding carboxylic acids is 1. The van der Waals surface area contributed by atoms with Crippen LogP contribution in [0.25, 0.3) is 5.69 Å². The molecule has 4 rings (SSSR count). The van der Waals surface area contributed by atoms with Crippen molar-refractivity contribution < 1.29 is 13.9 Å². The molecule has 0 aliphatic heterocycles. The highest BCUT2D eigenvalue weighted by atomic mass is 32.2. The summed E-state index contributed by atoms with van der Waals surface area (Å²) in [6, 6.07) is 15.6. The Labute approximate surface area is 193 Å². The van der Waals surface area contributed by atoms with Crippen LogP contribution in [-0.2, 0) is 0 Å². The molecular weight excluding hydrogens is 447 g/mol. The lowest BCUT2D eigenvalue weighted by molar-refractivity contribution is 0.102. The van der Waals surface area contributed by atoms with Gasteiger partial charge in [-0.15, -0.1) is 10.2 Å². The third-order valence-corrected chi connectivity index (χ3v) is 6.86. The maximum atomic E-state index is 13.3. The fourth-order valence-electron chi connectivity index (χ4n) is 3.35. The number of aromatic nitrogens is 3. The Morgan fingerprint density at radius 3 is 2.53 bits per heavy atom. The number of carbonyl (C=O) groups is 1. The third-order valence-electron chi connectivity index (χ3n) is 4.89. The molecule has 2 aromatic heterocycles. The maximum Gasteiger partial charge on any atom is 0.210 e. The van der Waals surface area contributed by atoms with Gasteiger partial charge in [0.25, 0.3) is 0 Å². The molecule has 0 aliphatic carbocycles. The Balaban J connectivity index is 1.41. The predicted molar refractivity (Wildman–Crippen MR) is 126 cm³/mol. The lowest BCUT2D eigenvalue weighted by atomic mass is 10.2. The topological polar surface area (TPSA) is 69.0 Å². The molecular formula is C23H21FN4O2S2. The quantitative estimate of drug-likeness (QED) is 0.260. The van der Waals surface area contributed by atoms with E-state index < -0.39 is 0 Å². The van der Waals surface area contributed by atoms with Gasteiger partial charge >= 0.3 is 0 Å². The van der Waals surface area contributed by atoms with Crippen LogP contribution in [0.15, 0.2) is 58.9 Å². The van der Waals surface area contributed by atoms with Crippen LogP contribution >= 0.6 is 23.1 Å². The van der Waals surface area contributed by atoms with Gasteiger partial charge in [0, 0.05) is 28.3 Å². The van der Waals surface area contributed by atoms with Crippen LogP contribution in [0.2, 0.25) is 0 Å². The van der Waals surface area contributed by atoms with Crippen molar-refractivity contribution in [3.63, 3.8) is 0 Å². The van der Waals surface area contributed by atoms with E-state index in [0.29, 0.717) is 15.0 Å². The van der Waals surface area contributed by atoms with Gasteiger partial charge in [-0.3, -0.25) is 4.79 Å². The number of ether oxygens (including phenoxy) is 1. The van der Waals surface area contributed by atoms with E-state index in [2.05, 4.69) is 15.5 Å². The van der Waals surface area contributed by atoms with Crippen LogP contribution in [0.4, 0.5) is 15.2 Å². The number of thioether (sulfide) groups is 1. The fourth-order valence-corrected chi connectivity index (χ4v) is 5.01. The lowest BCUT2D eigenvalue weighted by Gasteiger charge is -2.09. The van der Waals surface area contributed by atoms with E-state index in [0.717, 1.165) is 28.5 Å². The average Bonchev–Trinajstić information content (AvgIpc) is 3.37. The molecule has 0 amide bonds. The van der Waals surface area contributed by atoms with Crippen molar-refractivity contribution in [2.45, 2.75) is 18.2 Å². The smallest absolute Gasteiger partial charge is 0.210 e. The summed E-state index contributed by atoms with van der Waals surface area (Å²) in [5.74, 6) is 0.754. The molecule has 0 radical (unpaired) electrons. The third kappa shape index (κ3) is 4.84. The number of anilines is 2. The first kappa shape index (κ1) is 22.0. The van der Waals surface area contributed by atoms with Crippen LogP contribution in [0.3, 0.4) is 0 Å². The second-order valence-corrected chi connectivity index (χ2v) is 9.24. The van der Waals surface area contributed by atoms with Crippen molar-refractivity contribution in [3.8, 4) is 11.4 Å². The van der Waals surface area contributed by atoms with Gasteiger partial charge in [-0.25, -0.2) is 4.39 Å². The number of halogens is 1. The first-order valence-electron chi connectivity index (χ1n) is 9.80. The Morgan fingerprint density at radius 2 is 1.84 bits per heavy atom. The highest BCUT2D eigenvalue weighted by Gasteiger charge is 2.18. The molecule has 4 aromatic rings. The number of methoxy groups -OCH3 is 1. The minimum atomic E-state index is -0.290. The Morgan fingerprint density at radius 1 is 1.12 bits per heavy atom. The Bertz CT molecular complexity index is 1230. The molecule has 0 bridgehead atoms. The number of nitrogens with one attached hydrogen (secondary N) is 1. The Hall–Kier alpha value is -3.17. The van der Waals surface area contributed by atoms with Crippen molar-refractivity contribution in [2.24, 2.45) is 0 Å². The molecule has 0 unspecified atom stereocenters. The normalized spacial score (nSPS) is 10.9. The lowest BCUT2D eigenvalue weighted by Crippen LogP contribution is -2.05. The number of nitrogens with zero attached hydrogens (tertiary/aromatic N) is 3. The molecule has 0 saturated heterocycles. The van der Waals surface area contributed by atoms with E-state index >= 15 is 0 Å². The summed E-state index contributed by atoms with van der Waals surface area (Å²) in [6.07, 6.45) is 0. The van der Waals surface area contributed by atoms with E-state index in [9.17, 15) is 9.18 Å². The van der Waals surface area contributed by atoms with Crippen LogP contribution in [0.1, 0.15) is 21.7 Å². The van der Waals surface area contributed by atoms with E-state index in [1.807, 2.05) is 48.7 Å². The summed E-state index contributed by atoms with van der Waals surface area (Å²) in [5, 5.41) is 12.2. The second kappa shape index (κ2) is 9.54. The summed E-state index contributed by atoms with van der Waals surface area (Å²) in [4.78, 5) is 12.9. The maximum absolute atomic E-state index is 13.3. The molecule has 9 heteroatoms. The first-order chi connectivity index (χ1) is 15.4. The SMILES string of the molecule is COc1ccc(Nc2nnc(SCC(=O)c3cc(C)n(-c4ccc(F)cc4)c3C)s2)cc1. The standard InChI is InChI=1S/C23H21FN4O2S2/c1-14-12-20(15(2)28(14)18-8-4-16(24)5-9-18)21(29)13-31-23-27-26-22(32-23)25-17-6-10-19(30-3)11-7-17/h4-12H,13H2,1-3H3,(H,25,26). The number of hydrogen-bond acceptors (Lipinski definition) is 7. The molecule has 0 saturated carbocycles. The minimum Gasteiger partial charge on any atom is -0.497 e. The van der Waals surface area contributed by atoms with Crippen LogP contribution in [-0.4, -0.2) is 33.4 Å². The highest BCUT2D eigenvalue weighted by molar-refractivity contribution is 8.01. The molecule has 0 spiro atoms. The summed E-state index contributed by atoms with van der Waals surface area (Å²) in [7, 11) is 1.62. The number of ketones is 1. The average molecular weight is 469 g/mol. The summed E-state index contributed by atoms with van der Waals surface area (Å²) >= 11 is 2.75. The zero-order valence-electron chi connectivity index (χ0n) is 17.8. The second-order valence-electron chi connectivity index (χ2n) is 7.04. The first-order valence-corrected chi connectivity index (χ1v) is 11.6. The number of aryl methyl sites for hydroxylation is 1. The van der Waals surface area contributed by atoms with Gasteiger partial charge in [-0.2, -0.15) is 0 Å². The van der Waals surface area contributed by atoms with Crippen LogP contribution in [0.5, 0.6) is 5.75 Å². The molecule has 2 aromatic carbocycles. The number of hydrogen-bond donors (Lipinski definition) is 1. The molecule has 1 N–H and O–H groups in total. The minimum absolute atomic E-state index is 0.0105. The molecule has 2 heterocycles. The van der Waals surface area contributed by atoms with Crippen molar-refractivity contribution in [1.29, 1.82) is 0 Å². The summed E-state index contributed by atoms with van der Waals surface area (Å²) < 4.78 is 21.1. The van der Waals surface area contributed by atoms with Gasteiger partial charge in [-0.05, 0) is 68.4 Å². The fraction of sp³-hybridized carbons (Fsp3) is 0.174. The summed E-state index contributed by atoms with van der Waals surface area (Å²) in [5.41, 5.74) is 4.11. The molecule has 32 heavy (non-hydrogen) atoms. The monoisotopic (exact) mass is 468 g/mol. The number of rotatable bonds is 8. The highest BCUT2D eigenvalue weighted by Crippen LogP contribution is 2.30. The zero-order chi connectivity index (χ0) is 22.7. The molecule has 0 fully saturated rings. The summed E-state index contributed by atoms with van der Waals surface area (Å²) in [6.45, 7) is 3.83. The van der Waals surface area contributed by atoms with Gasteiger partial charge in [0.2, 0.25) is 5.13 Å². The van der Waals surface area contributed by atoms with Gasteiger partial charge in [0.1, 0.15) is 11.6 Å². The van der Waals surface area contributed by atoms with Crippen molar-refractivity contribution in [3.05, 3.63) is 77.4 Å². The van der Waals surface area contributed by atoms with Crippen molar-refractivity contribution in [2.75, 3.05) is 18.2 Å². The molecule has 164 valence electrons. The van der Waals surface area contributed by atoms with Gasteiger partial charge in [0.05, 0.1) is 12.9 Å². The van der Waals surface area contributed by atoms with E-state index in [1.165, 1.54) is 35.2 Å².